The first-order chi connectivity index (χ1) is 8.58. The summed E-state index contributed by atoms with van der Waals surface area (Å²) in [5.74, 6) is 0. The van der Waals surface area contributed by atoms with Crippen LogP contribution in [0.1, 0.15) is 32.8 Å². The summed E-state index contributed by atoms with van der Waals surface area (Å²) < 4.78 is 3.86. The first-order valence-electron chi connectivity index (χ1n) is 6.17. The van der Waals surface area contributed by atoms with Crippen LogP contribution in [0.5, 0.6) is 0 Å². The Morgan fingerprint density at radius 2 is 2.00 bits per heavy atom. The van der Waals surface area contributed by atoms with E-state index in [1.807, 2.05) is 0 Å². The molecule has 0 spiro atoms. The molecule has 1 atom stereocenters. The highest BCUT2D eigenvalue weighted by Gasteiger charge is 2.23. The number of rotatable bonds is 5. The predicted octanol–water partition coefficient (Wildman–Crippen LogP) is 3.71. The normalized spacial score (nSPS) is 13.3. The molecule has 0 amide bonds. The third-order valence-electron chi connectivity index (χ3n) is 3.12. The van der Waals surface area contributed by atoms with Crippen molar-refractivity contribution in [2.45, 2.75) is 38.6 Å². The molecule has 0 saturated heterocycles. The molecule has 1 heterocycles. The van der Waals surface area contributed by atoms with Gasteiger partial charge in [0.15, 0.2) is 0 Å². The Kier molecular flexibility index (Phi) is 3.97. The van der Waals surface area contributed by atoms with Crippen molar-refractivity contribution < 1.29 is 0 Å². The minimum absolute atomic E-state index is 0.159. The molecule has 96 valence electrons. The quantitative estimate of drug-likeness (QED) is 0.891. The van der Waals surface area contributed by atoms with E-state index in [0.29, 0.717) is 6.04 Å². The fourth-order valence-electron chi connectivity index (χ4n) is 2.30. The van der Waals surface area contributed by atoms with E-state index in [1.54, 1.807) is 6.20 Å². The second-order valence-electron chi connectivity index (χ2n) is 5.28. The van der Waals surface area contributed by atoms with E-state index >= 15 is 0 Å². The van der Waals surface area contributed by atoms with Crippen molar-refractivity contribution in [3.05, 3.63) is 42.1 Å². The molecule has 1 aromatic heterocycles. The highest BCUT2D eigenvalue weighted by molar-refractivity contribution is 7.09. The maximum absolute atomic E-state index is 3.86. The minimum atomic E-state index is 0.159. The number of anilines is 1. The molecule has 0 aliphatic rings. The summed E-state index contributed by atoms with van der Waals surface area (Å²) >= 11 is 1.40. The van der Waals surface area contributed by atoms with Gasteiger partial charge in [-0.2, -0.15) is 0 Å². The van der Waals surface area contributed by atoms with E-state index < -0.39 is 0 Å². The minimum Gasteiger partial charge on any atom is -0.372 e. The second kappa shape index (κ2) is 5.48. The molecule has 1 unspecified atom stereocenters. The van der Waals surface area contributed by atoms with Crippen LogP contribution in [0.3, 0.4) is 0 Å². The van der Waals surface area contributed by atoms with Crippen molar-refractivity contribution in [3.63, 3.8) is 0 Å². The number of hydrogen-bond donors (Lipinski definition) is 1. The molecule has 0 saturated carbocycles. The lowest BCUT2D eigenvalue weighted by atomic mass is 9.79. The zero-order valence-corrected chi connectivity index (χ0v) is 11.9. The van der Waals surface area contributed by atoms with E-state index in [9.17, 15) is 0 Å². The third-order valence-corrected chi connectivity index (χ3v) is 3.72. The molecule has 18 heavy (non-hydrogen) atoms. The zero-order chi connectivity index (χ0) is 13.0. The summed E-state index contributed by atoms with van der Waals surface area (Å²) in [4.78, 5) is 0. The van der Waals surface area contributed by atoms with Crippen molar-refractivity contribution in [3.8, 4) is 0 Å². The number of aromatic nitrogens is 2. The molecule has 4 heteroatoms. The SMILES string of the molecule is CC(CC(C)(C)c1ccccc1)Nc1cnns1. The van der Waals surface area contributed by atoms with Crippen LogP contribution in [0.15, 0.2) is 36.5 Å². The summed E-state index contributed by atoms with van der Waals surface area (Å²) in [6.45, 7) is 6.77. The van der Waals surface area contributed by atoms with Crippen molar-refractivity contribution in [2.24, 2.45) is 0 Å². The molecule has 1 N–H and O–H groups in total. The standard InChI is InChI=1S/C14H19N3S/c1-11(16-13-10-15-17-18-13)9-14(2,3)12-7-5-4-6-8-12/h4-8,10-11,16H,9H2,1-3H3. The summed E-state index contributed by atoms with van der Waals surface area (Å²) in [7, 11) is 0. The van der Waals surface area contributed by atoms with Gasteiger partial charge in [0, 0.05) is 17.6 Å². The molecule has 0 bridgehead atoms. The van der Waals surface area contributed by atoms with E-state index in [-0.39, 0.29) is 5.41 Å². The van der Waals surface area contributed by atoms with Crippen LogP contribution in [-0.4, -0.2) is 15.6 Å². The van der Waals surface area contributed by atoms with Gasteiger partial charge in [0.1, 0.15) is 5.00 Å². The zero-order valence-electron chi connectivity index (χ0n) is 11.1. The molecule has 0 radical (unpaired) electrons. The van der Waals surface area contributed by atoms with E-state index in [4.69, 9.17) is 0 Å². The Morgan fingerprint density at radius 3 is 2.61 bits per heavy atom. The van der Waals surface area contributed by atoms with Crippen LogP contribution in [0, 0.1) is 0 Å². The summed E-state index contributed by atoms with van der Waals surface area (Å²) in [6, 6.07) is 11.0. The van der Waals surface area contributed by atoms with Crippen LogP contribution in [0.25, 0.3) is 0 Å². The fraction of sp³-hybridized carbons (Fsp3) is 0.429. The van der Waals surface area contributed by atoms with Gasteiger partial charge in [-0.3, -0.25) is 0 Å². The topological polar surface area (TPSA) is 37.8 Å². The smallest absolute Gasteiger partial charge is 0.130 e. The van der Waals surface area contributed by atoms with Gasteiger partial charge in [0.05, 0.1) is 6.20 Å². The lowest BCUT2D eigenvalue weighted by molar-refractivity contribution is 0.450. The highest BCUT2D eigenvalue weighted by Crippen LogP contribution is 2.29. The Labute approximate surface area is 112 Å². The molecular formula is C14H19N3S. The molecule has 2 rings (SSSR count). The highest BCUT2D eigenvalue weighted by atomic mass is 32.1. The van der Waals surface area contributed by atoms with Crippen LogP contribution in [0.2, 0.25) is 0 Å². The number of nitrogens with one attached hydrogen (secondary N) is 1. The van der Waals surface area contributed by atoms with Gasteiger partial charge in [0.2, 0.25) is 0 Å². The average Bonchev–Trinajstić information content (AvgIpc) is 2.82. The van der Waals surface area contributed by atoms with Gasteiger partial charge in [-0.15, -0.1) is 5.10 Å². The van der Waals surface area contributed by atoms with Gasteiger partial charge in [-0.05, 0) is 24.3 Å². The largest absolute Gasteiger partial charge is 0.372 e. The van der Waals surface area contributed by atoms with Crippen LogP contribution in [-0.2, 0) is 5.41 Å². The molecular weight excluding hydrogens is 242 g/mol. The first kappa shape index (κ1) is 13.0. The Hall–Kier alpha value is -1.42. The maximum Gasteiger partial charge on any atom is 0.130 e. The predicted molar refractivity (Wildman–Crippen MR) is 77.1 cm³/mol. The number of nitrogens with zero attached hydrogens (tertiary/aromatic N) is 2. The molecule has 0 aliphatic carbocycles. The fourth-order valence-corrected chi connectivity index (χ4v) is 2.83. The van der Waals surface area contributed by atoms with Crippen molar-refractivity contribution in [1.29, 1.82) is 0 Å². The van der Waals surface area contributed by atoms with Crippen molar-refractivity contribution >= 4 is 16.5 Å². The summed E-state index contributed by atoms with van der Waals surface area (Å²) in [5, 5.41) is 8.31. The second-order valence-corrected chi connectivity index (χ2v) is 6.07. The van der Waals surface area contributed by atoms with Crippen LogP contribution >= 0.6 is 11.5 Å². The Balaban J connectivity index is 1.99. The van der Waals surface area contributed by atoms with Crippen molar-refractivity contribution in [2.75, 3.05) is 5.32 Å². The molecule has 0 aliphatic heterocycles. The van der Waals surface area contributed by atoms with Gasteiger partial charge in [-0.25, -0.2) is 0 Å². The third kappa shape index (κ3) is 3.29. The lowest BCUT2D eigenvalue weighted by Gasteiger charge is -2.29. The summed E-state index contributed by atoms with van der Waals surface area (Å²) in [5.41, 5.74) is 1.53. The lowest BCUT2D eigenvalue weighted by Crippen LogP contribution is -2.27. The Bertz CT molecular complexity index is 465. The van der Waals surface area contributed by atoms with E-state index in [1.165, 1.54) is 17.1 Å². The average molecular weight is 261 g/mol. The van der Waals surface area contributed by atoms with Gasteiger partial charge >= 0.3 is 0 Å². The molecule has 2 aromatic rings. The van der Waals surface area contributed by atoms with Gasteiger partial charge in [-0.1, -0.05) is 48.7 Å². The first-order valence-corrected chi connectivity index (χ1v) is 6.95. The van der Waals surface area contributed by atoms with E-state index in [0.717, 1.165) is 11.4 Å². The number of benzene rings is 1. The van der Waals surface area contributed by atoms with E-state index in [2.05, 4.69) is 66.0 Å². The Morgan fingerprint density at radius 1 is 1.28 bits per heavy atom. The number of hydrogen-bond acceptors (Lipinski definition) is 4. The van der Waals surface area contributed by atoms with Crippen LogP contribution in [0.4, 0.5) is 5.00 Å². The maximum atomic E-state index is 3.86. The monoisotopic (exact) mass is 261 g/mol. The van der Waals surface area contributed by atoms with Gasteiger partial charge < -0.3 is 5.32 Å². The molecule has 3 nitrogen and oxygen atoms in total. The summed E-state index contributed by atoms with van der Waals surface area (Å²) in [6.07, 6.45) is 2.84. The van der Waals surface area contributed by atoms with Crippen LogP contribution < -0.4 is 5.32 Å². The molecule has 1 aromatic carbocycles. The van der Waals surface area contributed by atoms with Crippen molar-refractivity contribution in [1.82, 2.24) is 9.59 Å². The van der Waals surface area contributed by atoms with Gasteiger partial charge in [0.25, 0.3) is 0 Å². The molecule has 0 fully saturated rings.